The molecule has 0 radical (unpaired) electrons. The van der Waals surface area contributed by atoms with E-state index in [1.165, 1.54) is 0 Å². The number of nitrogens with one attached hydrogen (secondary N) is 1. The van der Waals surface area contributed by atoms with Gasteiger partial charge in [0.2, 0.25) is 0 Å². The van der Waals surface area contributed by atoms with Crippen LogP contribution in [0.25, 0.3) is 11.1 Å². The number of carbonyl (C=O) groups is 1. The summed E-state index contributed by atoms with van der Waals surface area (Å²) in [6, 6.07) is 4.66. The highest BCUT2D eigenvalue weighted by Gasteiger charge is 2.16. The van der Waals surface area contributed by atoms with Crippen LogP contribution >= 0.6 is 0 Å². The molecule has 0 saturated carbocycles. The van der Waals surface area contributed by atoms with Gasteiger partial charge in [-0.3, -0.25) is 9.78 Å². The van der Waals surface area contributed by atoms with Gasteiger partial charge in [0.15, 0.2) is 11.4 Å². The normalized spacial score (nSPS) is 12.9. The number of fused-ring (bicyclic) bond motifs is 1. The fourth-order valence-corrected chi connectivity index (χ4v) is 1.52. The van der Waals surface area contributed by atoms with Crippen LogP contribution in [0.1, 0.15) is 25.0 Å². The Morgan fingerprint density at radius 1 is 1.56 bits per heavy atom. The van der Waals surface area contributed by atoms with E-state index in [9.17, 15) is 14.7 Å². The smallest absolute Gasteiger partial charge is 0.408 e. The van der Waals surface area contributed by atoms with E-state index in [0.29, 0.717) is 16.7 Å². The molecule has 0 aliphatic rings. The third-order valence-electron chi connectivity index (χ3n) is 2.41. The zero-order chi connectivity index (χ0) is 11.7. The van der Waals surface area contributed by atoms with Crippen LogP contribution in [0.5, 0.6) is 0 Å². The average Bonchev–Trinajstić information content (AvgIpc) is 2.65. The highest BCUT2D eigenvalue weighted by molar-refractivity contribution is 5.85. The van der Waals surface area contributed by atoms with Gasteiger partial charge in [0.1, 0.15) is 6.10 Å². The fourth-order valence-electron chi connectivity index (χ4n) is 1.52. The van der Waals surface area contributed by atoms with E-state index in [2.05, 4.69) is 4.98 Å². The van der Waals surface area contributed by atoms with Gasteiger partial charge < -0.3 is 9.52 Å². The molecule has 0 fully saturated rings. The maximum atomic E-state index is 11.3. The summed E-state index contributed by atoms with van der Waals surface area (Å²) in [6.07, 6.45) is -0.881. The Labute approximate surface area is 90.7 Å². The van der Waals surface area contributed by atoms with Crippen molar-refractivity contribution >= 4 is 16.9 Å². The van der Waals surface area contributed by atoms with Gasteiger partial charge in [-0.2, -0.15) is 0 Å². The number of aromatic amines is 1. The predicted molar refractivity (Wildman–Crippen MR) is 57.1 cm³/mol. The topological polar surface area (TPSA) is 83.3 Å². The molecule has 16 heavy (non-hydrogen) atoms. The van der Waals surface area contributed by atoms with Crippen molar-refractivity contribution in [3.05, 3.63) is 34.3 Å². The van der Waals surface area contributed by atoms with Crippen molar-refractivity contribution in [2.45, 2.75) is 19.4 Å². The van der Waals surface area contributed by atoms with Crippen molar-refractivity contribution in [1.82, 2.24) is 4.98 Å². The Hall–Kier alpha value is -1.88. The molecule has 0 aliphatic carbocycles. The van der Waals surface area contributed by atoms with Gasteiger partial charge in [0.25, 0.3) is 0 Å². The van der Waals surface area contributed by atoms with Gasteiger partial charge >= 0.3 is 5.76 Å². The van der Waals surface area contributed by atoms with Gasteiger partial charge in [0, 0.05) is 6.42 Å². The Bertz CT molecular complexity index is 581. The molecular formula is C11H11NO4. The molecule has 84 valence electrons. The first-order valence-corrected chi connectivity index (χ1v) is 4.95. The minimum atomic E-state index is -1.15. The van der Waals surface area contributed by atoms with Gasteiger partial charge in [-0.25, -0.2) is 4.79 Å². The van der Waals surface area contributed by atoms with E-state index in [1.807, 2.05) is 0 Å². The maximum absolute atomic E-state index is 11.3. The van der Waals surface area contributed by atoms with Crippen molar-refractivity contribution in [2.24, 2.45) is 0 Å². The molecule has 2 aromatic rings. The van der Waals surface area contributed by atoms with E-state index < -0.39 is 11.9 Å². The zero-order valence-electron chi connectivity index (χ0n) is 8.69. The molecule has 1 unspecified atom stereocenters. The molecule has 0 aliphatic heterocycles. The number of ketones is 1. The third-order valence-corrected chi connectivity index (χ3v) is 2.41. The van der Waals surface area contributed by atoms with Gasteiger partial charge in [0.05, 0.1) is 5.52 Å². The number of aliphatic hydroxyl groups excluding tert-OH is 1. The number of hydrogen-bond donors (Lipinski definition) is 2. The Morgan fingerprint density at radius 3 is 3.00 bits per heavy atom. The number of Topliss-reactive ketones (excluding diaryl/α,β-unsaturated/α-hetero) is 1. The summed E-state index contributed by atoms with van der Waals surface area (Å²) in [5.74, 6) is -0.811. The Morgan fingerprint density at radius 2 is 2.31 bits per heavy atom. The van der Waals surface area contributed by atoms with Crippen LogP contribution in [-0.4, -0.2) is 15.9 Å². The fraction of sp³-hybridized carbons (Fsp3) is 0.273. The number of aromatic nitrogens is 1. The molecule has 0 bridgehead atoms. The highest BCUT2D eigenvalue weighted by Crippen LogP contribution is 2.19. The molecule has 1 aromatic carbocycles. The number of carbonyl (C=O) groups excluding carboxylic acids is 1. The second-order valence-electron chi connectivity index (χ2n) is 3.49. The summed E-state index contributed by atoms with van der Waals surface area (Å²) in [5.41, 5.74) is 1.34. The summed E-state index contributed by atoms with van der Waals surface area (Å²) in [6.45, 7) is 1.68. The number of aliphatic hydroxyl groups is 1. The molecule has 2 N–H and O–H groups in total. The molecule has 5 heteroatoms. The summed E-state index contributed by atoms with van der Waals surface area (Å²) < 4.78 is 4.81. The monoisotopic (exact) mass is 221 g/mol. The minimum Gasteiger partial charge on any atom is -0.408 e. The number of benzene rings is 1. The molecule has 1 heterocycles. The quantitative estimate of drug-likeness (QED) is 0.813. The Balaban J connectivity index is 2.46. The van der Waals surface area contributed by atoms with Crippen LogP contribution in [0.4, 0.5) is 0 Å². The van der Waals surface area contributed by atoms with E-state index >= 15 is 0 Å². The molecule has 5 nitrogen and oxygen atoms in total. The lowest BCUT2D eigenvalue weighted by atomic mass is 10.0. The van der Waals surface area contributed by atoms with Gasteiger partial charge in [-0.15, -0.1) is 0 Å². The SMILES string of the molecule is CCC(=O)C(O)c1ccc2oc(=O)[nH]c2c1. The zero-order valence-corrected chi connectivity index (χ0v) is 8.69. The van der Waals surface area contributed by atoms with Crippen molar-refractivity contribution in [1.29, 1.82) is 0 Å². The number of H-pyrrole nitrogens is 1. The first-order valence-electron chi connectivity index (χ1n) is 4.95. The number of hydrogen-bond acceptors (Lipinski definition) is 4. The molecule has 0 saturated heterocycles. The predicted octanol–water partition coefficient (Wildman–Crippen LogP) is 1.13. The van der Waals surface area contributed by atoms with Crippen LogP contribution < -0.4 is 5.76 Å². The lowest BCUT2D eigenvalue weighted by molar-refractivity contribution is -0.127. The van der Waals surface area contributed by atoms with E-state index in [-0.39, 0.29) is 12.2 Å². The van der Waals surface area contributed by atoms with E-state index in [1.54, 1.807) is 25.1 Å². The first kappa shape index (κ1) is 10.6. The second-order valence-corrected chi connectivity index (χ2v) is 3.49. The summed E-state index contributed by atoms with van der Waals surface area (Å²) in [4.78, 5) is 24.7. The van der Waals surface area contributed by atoms with Gasteiger partial charge in [-0.05, 0) is 17.7 Å². The number of oxazole rings is 1. The van der Waals surface area contributed by atoms with Gasteiger partial charge in [-0.1, -0.05) is 13.0 Å². The van der Waals surface area contributed by atoms with E-state index in [4.69, 9.17) is 4.42 Å². The molecule has 1 aromatic heterocycles. The van der Waals surface area contributed by atoms with Crippen molar-refractivity contribution in [3.63, 3.8) is 0 Å². The second kappa shape index (κ2) is 3.94. The van der Waals surface area contributed by atoms with Crippen LogP contribution in [0.3, 0.4) is 0 Å². The molecular weight excluding hydrogens is 210 g/mol. The number of rotatable bonds is 3. The molecule has 1 atom stereocenters. The first-order chi connectivity index (χ1) is 7.61. The van der Waals surface area contributed by atoms with Crippen LogP contribution in [0, 0.1) is 0 Å². The average molecular weight is 221 g/mol. The summed E-state index contributed by atoms with van der Waals surface area (Å²) >= 11 is 0. The summed E-state index contributed by atoms with van der Waals surface area (Å²) in [7, 11) is 0. The van der Waals surface area contributed by atoms with Crippen molar-refractivity contribution < 1.29 is 14.3 Å². The lowest BCUT2D eigenvalue weighted by Crippen LogP contribution is -2.10. The van der Waals surface area contributed by atoms with E-state index in [0.717, 1.165) is 0 Å². The van der Waals surface area contributed by atoms with Crippen LogP contribution in [0.2, 0.25) is 0 Å². The minimum absolute atomic E-state index is 0.259. The third kappa shape index (κ3) is 1.77. The van der Waals surface area contributed by atoms with Crippen molar-refractivity contribution in [2.75, 3.05) is 0 Å². The largest absolute Gasteiger partial charge is 0.417 e. The maximum Gasteiger partial charge on any atom is 0.417 e. The highest BCUT2D eigenvalue weighted by atomic mass is 16.4. The lowest BCUT2D eigenvalue weighted by Gasteiger charge is -2.07. The van der Waals surface area contributed by atoms with Crippen LogP contribution in [-0.2, 0) is 4.79 Å². The van der Waals surface area contributed by atoms with Crippen LogP contribution in [0.15, 0.2) is 27.4 Å². The standard InChI is InChI=1S/C11H11NO4/c1-2-8(13)10(14)6-3-4-9-7(5-6)12-11(15)16-9/h3-5,10,14H,2H2,1H3,(H,12,15). The Kier molecular flexibility index (Phi) is 2.62. The molecule has 0 amide bonds. The molecule has 2 rings (SSSR count). The van der Waals surface area contributed by atoms with Crippen molar-refractivity contribution in [3.8, 4) is 0 Å². The summed E-state index contributed by atoms with van der Waals surface area (Å²) in [5, 5.41) is 9.68. The molecule has 0 spiro atoms.